The number of hydrogen-bond acceptors (Lipinski definition) is 1. The third kappa shape index (κ3) is 1.71. The second-order valence-electron chi connectivity index (χ2n) is 4.58. The quantitative estimate of drug-likeness (QED) is 0.837. The van der Waals surface area contributed by atoms with Gasteiger partial charge in [0.05, 0.1) is 0 Å². The Hall–Kier alpha value is -1.35. The van der Waals surface area contributed by atoms with Gasteiger partial charge in [0, 0.05) is 36.7 Å². The van der Waals surface area contributed by atoms with E-state index in [1.165, 1.54) is 24.5 Å². The Labute approximate surface area is 94.1 Å². The van der Waals surface area contributed by atoms with Gasteiger partial charge in [-0.15, -0.1) is 0 Å². The predicted octanol–water partition coefficient (Wildman–Crippen LogP) is 2.57. The van der Waals surface area contributed by atoms with E-state index in [0.29, 0.717) is 6.04 Å². The molecule has 84 valence electrons. The highest BCUT2D eigenvalue weighted by Gasteiger charge is 2.20. The first-order chi connectivity index (χ1) is 7.74. The maximum Gasteiger partial charge on any atom is 0.123 e. The van der Waals surface area contributed by atoms with Gasteiger partial charge in [-0.3, -0.25) is 0 Å². The van der Waals surface area contributed by atoms with Crippen LogP contribution in [0.2, 0.25) is 0 Å². The Morgan fingerprint density at radius 3 is 3.00 bits per heavy atom. The number of nitrogens with one attached hydrogen (secondary N) is 1. The number of aryl methyl sites for hydroxylation is 1. The van der Waals surface area contributed by atoms with Crippen LogP contribution < -0.4 is 5.32 Å². The molecule has 0 unspecified atom stereocenters. The van der Waals surface area contributed by atoms with Crippen LogP contribution >= 0.6 is 0 Å². The van der Waals surface area contributed by atoms with E-state index in [9.17, 15) is 4.39 Å². The van der Waals surface area contributed by atoms with E-state index >= 15 is 0 Å². The molecule has 1 aliphatic rings. The average Bonchev–Trinajstić information content (AvgIpc) is 3.03. The van der Waals surface area contributed by atoms with Crippen LogP contribution in [0.3, 0.4) is 0 Å². The number of benzene rings is 1. The largest absolute Gasteiger partial charge is 0.350 e. The molecular weight excluding hydrogens is 203 g/mol. The van der Waals surface area contributed by atoms with Crippen LogP contribution in [0.25, 0.3) is 10.9 Å². The summed E-state index contributed by atoms with van der Waals surface area (Å²) in [5.41, 5.74) is 2.28. The van der Waals surface area contributed by atoms with Crippen molar-refractivity contribution in [3.63, 3.8) is 0 Å². The topological polar surface area (TPSA) is 17.0 Å². The Balaban J connectivity index is 1.98. The molecule has 3 rings (SSSR count). The normalized spacial score (nSPS) is 15.9. The van der Waals surface area contributed by atoms with Crippen LogP contribution in [0.4, 0.5) is 4.39 Å². The van der Waals surface area contributed by atoms with Gasteiger partial charge in [0.2, 0.25) is 0 Å². The second kappa shape index (κ2) is 3.59. The predicted molar refractivity (Wildman–Crippen MR) is 62.7 cm³/mol. The fourth-order valence-electron chi connectivity index (χ4n) is 2.13. The van der Waals surface area contributed by atoms with Gasteiger partial charge in [0.1, 0.15) is 5.82 Å². The number of aromatic nitrogens is 1. The lowest BCUT2D eigenvalue weighted by Gasteiger charge is -2.00. The summed E-state index contributed by atoms with van der Waals surface area (Å²) in [6.45, 7) is 0.839. The van der Waals surface area contributed by atoms with Gasteiger partial charge in [-0.2, -0.15) is 0 Å². The Morgan fingerprint density at radius 1 is 1.44 bits per heavy atom. The lowest BCUT2D eigenvalue weighted by Crippen LogP contribution is -2.14. The molecule has 0 amide bonds. The molecule has 1 N–H and O–H groups in total. The van der Waals surface area contributed by atoms with Crippen LogP contribution in [0, 0.1) is 5.82 Å². The minimum atomic E-state index is -0.161. The number of hydrogen-bond donors (Lipinski definition) is 1. The van der Waals surface area contributed by atoms with Crippen LogP contribution in [-0.2, 0) is 13.6 Å². The third-order valence-corrected chi connectivity index (χ3v) is 3.19. The van der Waals surface area contributed by atoms with E-state index in [0.717, 1.165) is 17.4 Å². The van der Waals surface area contributed by atoms with E-state index in [-0.39, 0.29) is 5.82 Å². The smallest absolute Gasteiger partial charge is 0.123 e. The van der Waals surface area contributed by atoms with Crippen molar-refractivity contribution in [2.24, 2.45) is 7.05 Å². The molecule has 0 radical (unpaired) electrons. The summed E-state index contributed by atoms with van der Waals surface area (Å²) in [5, 5.41) is 4.49. The number of fused-ring (bicyclic) bond motifs is 1. The van der Waals surface area contributed by atoms with Gasteiger partial charge >= 0.3 is 0 Å². The summed E-state index contributed by atoms with van der Waals surface area (Å²) >= 11 is 0. The fourth-order valence-corrected chi connectivity index (χ4v) is 2.13. The molecule has 0 aliphatic heterocycles. The fraction of sp³-hybridized carbons (Fsp3) is 0.385. The van der Waals surface area contributed by atoms with Crippen molar-refractivity contribution in [1.82, 2.24) is 9.88 Å². The van der Waals surface area contributed by atoms with E-state index in [4.69, 9.17) is 0 Å². The van der Waals surface area contributed by atoms with Gasteiger partial charge < -0.3 is 9.88 Å². The van der Waals surface area contributed by atoms with Crippen LogP contribution in [-0.4, -0.2) is 10.6 Å². The standard InChI is InChI=1S/C13H15FN2/c1-16-8-9(7-15-11-3-4-11)12-6-10(14)2-5-13(12)16/h2,5-6,8,11,15H,3-4,7H2,1H3. The first-order valence-electron chi connectivity index (χ1n) is 5.71. The number of halogens is 1. The summed E-state index contributed by atoms with van der Waals surface area (Å²) in [6, 6.07) is 5.66. The summed E-state index contributed by atoms with van der Waals surface area (Å²) in [6.07, 6.45) is 4.64. The van der Waals surface area contributed by atoms with Gasteiger partial charge in [-0.25, -0.2) is 4.39 Å². The molecule has 1 heterocycles. The van der Waals surface area contributed by atoms with Crippen LogP contribution in [0.15, 0.2) is 24.4 Å². The zero-order valence-corrected chi connectivity index (χ0v) is 9.33. The maximum atomic E-state index is 13.2. The van der Waals surface area contributed by atoms with Crippen molar-refractivity contribution in [1.29, 1.82) is 0 Å². The van der Waals surface area contributed by atoms with E-state index in [1.807, 2.05) is 13.1 Å². The summed E-state index contributed by atoms with van der Waals surface area (Å²) < 4.78 is 15.3. The summed E-state index contributed by atoms with van der Waals surface area (Å²) in [7, 11) is 2.00. The molecule has 1 aromatic carbocycles. The maximum absolute atomic E-state index is 13.2. The van der Waals surface area contributed by atoms with Gasteiger partial charge in [0.25, 0.3) is 0 Å². The monoisotopic (exact) mass is 218 g/mol. The Morgan fingerprint density at radius 2 is 2.25 bits per heavy atom. The molecule has 2 nitrogen and oxygen atoms in total. The molecular formula is C13H15FN2. The molecule has 1 fully saturated rings. The molecule has 3 heteroatoms. The van der Waals surface area contributed by atoms with Crippen molar-refractivity contribution >= 4 is 10.9 Å². The molecule has 1 aromatic heterocycles. The molecule has 0 atom stereocenters. The molecule has 0 spiro atoms. The van der Waals surface area contributed by atoms with Crippen molar-refractivity contribution in [2.45, 2.75) is 25.4 Å². The van der Waals surface area contributed by atoms with E-state index in [1.54, 1.807) is 6.07 Å². The van der Waals surface area contributed by atoms with Crippen molar-refractivity contribution in [3.05, 3.63) is 35.8 Å². The summed E-state index contributed by atoms with van der Waals surface area (Å²) in [5.74, 6) is -0.161. The molecule has 1 aliphatic carbocycles. The highest BCUT2D eigenvalue weighted by atomic mass is 19.1. The highest BCUT2D eigenvalue weighted by molar-refractivity contribution is 5.83. The lowest BCUT2D eigenvalue weighted by molar-refractivity contribution is 0.629. The lowest BCUT2D eigenvalue weighted by atomic mass is 10.1. The van der Waals surface area contributed by atoms with Crippen molar-refractivity contribution in [2.75, 3.05) is 0 Å². The molecule has 16 heavy (non-hydrogen) atoms. The van der Waals surface area contributed by atoms with Gasteiger partial charge in [-0.05, 0) is 36.6 Å². The zero-order chi connectivity index (χ0) is 11.1. The van der Waals surface area contributed by atoms with Crippen LogP contribution in [0.5, 0.6) is 0 Å². The highest BCUT2D eigenvalue weighted by Crippen LogP contribution is 2.24. The Bertz CT molecular complexity index is 526. The molecule has 0 saturated heterocycles. The van der Waals surface area contributed by atoms with E-state index < -0.39 is 0 Å². The average molecular weight is 218 g/mol. The molecule has 2 aromatic rings. The van der Waals surface area contributed by atoms with Gasteiger partial charge in [0.15, 0.2) is 0 Å². The number of nitrogens with zero attached hydrogens (tertiary/aromatic N) is 1. The first-order valence-corrected chi connectivity index (χ1v) is 5.71. The zero-order valence-electron chi connectivity index (χ0n) is 9.33. The van der Waals surface area contributed by atoms with Crippen molar-refractivity contribution < 1.29 is 4.39 Å². The molecule has 1 saturated carbocycles. The van der Waals surface area contributed by atoms with Crippen LogP contribution in [0.1, 0.15) is 18.4 Å². The van der Waals surface area contributed by atoms with Crippen molar-refractivity contribution in [3.8, 4) is 0 Å². The first kappa shape index (κ1) is 9.85. The summed E-state index contributed by atoms with van der Waals surface area (Å²) in [4.78, 5) is 0. The SMILES string of the molecule is Cn1cc(CNC2CC2)c2cc(F)ccc21. The minimum absolute atomic E-state index is 0.161. The van der Waals surface area contributed by atoms with E-state index in [2.05, 4.69) is 16.1 Å². The third-order valence-electron chi connectivity index (χ3n) is 3.19. The Kier molecular flexibility index (Phi) is 2.21. The minimum Gasteiger partial charge on any atom is -0.350 e. The second-order valence-corrected chi connectivity index (χ2v) is 4.58. The van der Waals surface area contributed by atoms with Gasteiger partial charge in [-0.1, -0.05) is 0 Å². The molecule has 0 bridgehead atoms. The number of rotatable bonds is 3.